The van der Waals surface area contributed by atoms with Gasteiger partial charge in [-0.2, -0.15) is 0 Å². The summed E-state index contributed by atoms with van der Waals surface area (Å²) in [7, 11) is 0. The number of anilines is 1. The average molecular weight is 414 g/mol. The van der Waals surface area contributed by atoms with Gasteiger partial charge in [-0.25, -0.2) is 9.40 Å². The summed E-state index contributed by atoms with van der Waals surface area (Å²) in [5, 5.41) is 1.17. The van der Waals surface area contributed by atoms with Gasteiger partial charge in [0.2, 0.25) is 16.9 Å². The highest BCUT2D eigenvalue weighted by molar-refractivity contribution is 7.80. The molecule has 0 radical (unpaired) electrons. The van der Waals surface area contributed by atoms with Crippen molar-refractivity contribution in [2.45, 2.75) is 25.3 Å². The van der Waals surface area contributed by atoms with Crippen LogP contribution in [-0.4, -0.2) is 33.9 Å². The quantitative estimate of drug-likeness (QED) is 0.672. The molecular weight excluding hydrogens is 395 g/mol. The number of primary amides is 1. The molecular formula is C20H19FN4O3S. The summed E-state index contributed by atoms with van der Waals surface area (Å²) in [5.41, 5.74) is 9.20. The Bertz CT molecular complexity index is 937. The fraction of sp³-hybridized carbons (Fsp3) is 0.200. The van der Waals surface area contributed by atoms with Crippen molar-refractivity contribution in [3.63, 3.8) is 0 Å². The molecule has 7 nitrogen and oxygen atoms in total. The summed E-state index contributed by atoms with van der Waals surface area (Å²) in [6.45, 7) is 0. The number of nitrogens with zero attached hydrogens (tertiary/aromatic N) is 2. The first-order valence-corrected chi connectivity index (χ1v) is 9.32. The first-order valence-electron chi connectivity index (χ1n) is 8.91. The molecule has 1 heterocycles. The number of aryl methyl sites for hydroxylation is 1. The molecule has 1 atom stereocenters. The first-order chi connectivity index (χ1) is 13.9. The zero-order valence-electron chi connectivity index (χ0n) is 15.4. The highest BCUT2D eigenvalue weighted by Gasteiger charge is 2.45. The van der Waals surface area contributed by atoms with Gasteiger partial charge >= 0.3 is 0 Å². The summed E-state index contributed by atoms with van der Waals surface area (Å²) in [5.74, 6) is -2.06. The van der Waals surface area contributed by atoms with Crippen LogP contribution in [0.15, 0.2) is 54.6 Å². The summed E-state index contributed by atoms with van der Waals surface area (Å²) < 4.78 is 13.2. The Labute approximate surface area is 172 Å². The van der Waals surface area contributed by atoms with Crippen molar-refractivity contribution in [3.8, 4) is 0 Å². The molecule has 0 aromatic heterocycles. The van der Waals surface area contributed by atoms with Crippen LogP contribution in [0, 0.1) is 5.82 Å². The van der Waals surface area contributed by atoms with Crippen molar-refractivity contribution in [2.75, 3.05) is 4.90 Å². The molecule has 9 heteroatoms. The number of benzene rings is 2. The minimum atomic E-state index is -1.06. The lowest BCUT2D eigenvalue weighted by molar-refractivity contribution is -0.129. The van der Waals surface area contributed by atoms with E-state index in [9.17, 15) is 18.8 Å². The number of amides is 3. The maximum atomic E-state index is 13.2. The number of carbonyl (C=O) groups is 3. The van der Waals surface area contributed by atoms with Crippen LogP contribution in [0.1, 0.15) is 18.4 Å². The van der Waals surface area contributed by atoms with Gasteiger partial charge in [-0.15, -0.1) is 0 Å². The Balaban J connectivity index is 1.76. The minimum absolute atomic E-state index is 0.0130. The van der Waals surface area contributed by atoms with Crippen LogP contribution >= 0.6 is 12.2 Å². The van der Waals surface area contributed by atoms with Crippen LogP contribution in [-0.2, 0) is 20.8 Å². The lowest BCUT2D eigenvalue weighted by Gasteiger charge is -2.24. The lowest BCUT2D eigenvalue weighted by Crippen LogP contribution is -2.49. The fourth-order valence-electron chi connectivity index (χ4n) is 3.01. The molecule has 0 unspecified atom stereocenters. The molecule has 2 aromatic carbocycles. The molecule has 29 heavy (non-hydrogen) atoms. The van der Waals surface area contributed by atoms with Crippen molar-refractivity contribution in [1.82, 2.24) is 10.4 Å². The number of hydrogen-bond donors (Lipinski definition) is 2. The second-order valence-corrected chi connectivity index (χ2v) is 6.87. The second-order valence-electron chi connectivity index (χ2n) is 6.51. The summed E-state index contributed by atoms with van der Waals surface area (Å²) in [6, 6.07) is 13.6. The van der Waals surface area contributed by atoms with Crippen LogP contribution in [0.3, 0.4) is 0 Å². The lowest BCUT2D eigenvalue weighted by atomic mass is 10.1. The largest absolute Gasteiger partial charge is 0.370 e. The SMILES string of the molecule is NC(=O)C[C@H]1C(=O)N(c2ccc(F)cc2)C(=S)N1NC(=O)CCc1ccccc1. The number of carbonyl (C=O) groups excluding carboxylic acids is 3. The predicted molar refractivity (Wildman–Crippen MR) is 109 cm³/mol. The third-order valence-corrected chi connectivity index (χ3v) is 4.80. The zero-order valence-corrected chi connectivity index (χ0v) is 16.2. The van der Waals surface area contributed by atoms with Gasteiger partial charge < -0.3 is 5.73 Å². The standard InChI is InChI=1S/C20H19FN4O3S/c21-14-7-9-15(10-8-14)24-19(28)16(12-17(22)26)25(20(24)29)23-18(27)11-6-13-4-2-1-3-5-13/h1-5,7-10,16H,6,11-12H2,(H2,22,26)(H,23,27)/t16-/m0/s1. The number of hydrazine groups is 1. The second kappa shape index (κ2) is 8.78. The number of hydrogen-bond acceptors (Lipinski definition) is 4. The van der Waals surface area contributed by atoms with Gasteiger partial charge in [0.1, 0.15) is 11.9 Å². The monoisotopic (exact) mass is 414 g/mol. The highest BCUT2D eigenvalue weighted by Crippen LogP contribution is 2.26. The molecule has 2 aromatic rings. The van der Waals surface area contributed by atoms with Gasteiger partial charge in [-0.3, -0.25) is 24.7 Å². The first kappa shape index (κ1) is 20.4. The Hall–Kier alpha value is -3.33. The Morgan fingerprint density at radius 3 is 2.38 bits per heavy atom. The predicted octanol–water partition coefficient (Wildman–Crippen LogP) is 1.67. The van der Waals surface area contributed by atoms with E-state index < -0.39 is 23.7 Å². The third-order valence-electron chi connectivity index (χ3n) is 4.42. The van der Waals surface area contributed by atoms with Gasteiger partial charge in [-0.1, -0.05) is 30.3 Å². The van der Waals surface area contributed by atoms with Gasteiger partial charge in [0.05, 0.1) is 12.1 Å². The van der Waals surface area contributed by atoms with E-state index in [1.165, 1.54) is 29.3 Å². The van der Waals surface area contributed by atoms with Crippen LogP contribution in [0.25, 0.3) is 0 Å². The molecule has 1 aliphatic rings. The fourth-order valence-corrected chi connectivity index (χ4v) is 3.38. The van der Waals surface area contributed by atoms with E-state index in [1.54, 1.807) is 0 Å². The van der Waals surface area contributed by atoms with Crippen molar-refractivity contribution < 1.29 is 18.8 Å². The highest BCUT2D eigenvalue weighted by atomic mass is 32.1. The molecule has 3 amide bonds. The third kappa shape index (κ3) is 4.75. The molecule has 150 valence electrons. The maximum absolute atomic E-state index is 13.2. The summed E-state index contributed by atoms with van der Waals surface area (Å²) in [6.07, 6.45) is 0.343. The molecule has 1 saturated heterocycles. The molecule has 3 rings (SSSR count). The minimum Gasteiger partial charge on any atom is -0.370 e. The average Bonchev–Trinajstić information content (AvgIpc) is 2.92. The molecule has 0 bridgehead atoms. The molecule has 3 N–H and O–H groups in total. The number of halogens is 1. The molecule has 1 aliphatic heterocycles. The zero-order chi connectivity index (χ0) is 21.0. The molecule has 1 fully saturated rings. The van der Waals surface area contributed by atoms with E-state index in [-0.39, 0.29) is 23.9 Å². The van der Waals surface area contributed by atoms with E-state index in [0.717, 1.165) is 10.5 Å². The topological polar surface area (TPSA) is 95.7 Å². The number of thiocarbonyl (C=S) groups is 1. The summed E-state index contributed by atoms with van der Waals surface area (Å²) in [4.78, 5) is 37.9. The Morgan fingerprint density at radius 2 is 1.76 bits per heavy atom. The summed E-state index contributed by atoms with van der Waals surface area (Å²) >= 11 is 5.35. The Kier molecular flexibility index (Phi) is 6.18. The van der Waals surface area contributed by atoms with Crippen molar-refractivity contribution in [2.24, 2.45) is 5.73 Å². The maximum Gasteiger partial charge on any atom is 0.258 e. The molecule has 0 spiro atoms. The van der Waals surface area contributed by atoms with Crippen LogP contribution in [0.5, 0.6) is 0 Å². The van der Waals surface area contributed by atoms with E-state index in [2.05, 4.69) is 5.43 Å². The number of nitrogens with two attached hydrogens (primary N) is 1. The van der Waals surface area contributed by atoms with Gasteiger partial charge in [0.25, 0.3) is 5.91 Å². The van der Waals surface area contributed by atoms with Crippen molar-refractivity contribution in [3.05, 3.63) is 66.0 Å². The van der Waals surface area contributed by atoms with Crippen molar-refractivity contribution >= 4 is 40.7 Å². The van der Waals surface area contributed by atoms with E-state index in [0.29, 0.717) is 12.1 Å². The molecule has 0 saturated carbocycles. The van der Waals surface area contributed by atoms with Crippen molar-refractivity contribution in [1.29, 1.82) is 0 Å². The number of nitrogens with one attached hydrogen (secondary N) is 1. The smallest absolute Gasteiger partial charge is 0.258 e. The van der Waals surface area contributed by atoms with Crippen LogP contribution < -0.4 is 16.1 Å². The van der Waals surface area contributed by atoms with Gasteiger partial charge in [0.15, 0.2) is 0 Å². The van der Waals surface area contributed by atoms with E-state index in [4.69, 9.17) is 18.0 Å². The van der Waals surface area contributed by atoms with E-state index >= 15 is 0 Å². The van der Waals surface area contributed by atoms with Gasteiger partial charge in [0, 0.05) is 6.42 Å². The molecule has 0 aliphatic carbocycles. The van der Waals surface area contributed by atoms with Gasteiger partial charge in [-0.05, 0) is 48.5 Å². The van der Waals surface area contributed by atoms with Crippen LogP contribution in [0.4, 0.5) is 10.1 Å². The normalized spacial score (nSPS) is 16.2. The number of rotatable bonds is 7. The van der Waals surface area contributed by atoms with Crippen LogP contribution in [0.2, 0.25) is 0 Å². The van der Waals surface area contributed by atoms with E-state index in [1.807, 2.05) is 30.3 Å². The Morgan fingerprint density at radius 1 is 1.10 bits per heavy atom.